The second-order valence-corrected chi connectivity index (χ2v) is 5.36. The molecule has 0 saturated heterocycles. The van der Waals surface area contributed by atoms with Crippen molar-refractivity contribution in [2.75, 3.05) is 13.2 Å². The molecule has 0 aromatic carbocycles. The topological polar surface area (TPSA) is 40.5 Å². The van der Waals surface area contributed by atoms with E-state index in [1.807, 2.05) is 0 Å². The van der Waals surface area contributed by atoms with Crippen LogP contribution in [-0.4, -0.2) is 23.4 Å². The SMILES string of the molecule is CCC(CCCC(C)CO)CCC(C)CO. The van der Waals surface area contributed by atoms with Crippen LogP contribution in [0.25, 0.3) is 0 Å². The molecule has 0 fully saturated rings. The summed E-state index contributed by atoms with van der Waals surface area (Å²) in [5.41, 5.74) is 0. The van der Waals surface area contributed by atoms with Gasteiger partial charge in [-0.15, -0.1) is 0 Å². The monoisotopic (exact) mass is 230 g/mol. The second kappa shape index (κ2) is 10.1. The summed E-state index contributed by atoms with van der Waals surface area (Å²) >= 11 is 0. The molecule has 0 saturated carbocycles. The lowest BCUT2D eigenvalue weighted by Crippen LogP contribution is -2.07. The molecule has 0 aliphatic rings. The molecule has 0 spiro atoms. The molecule has 2 N–H and O–H groups in total. The minimum atomic E-state index is 0.317. The first-order valence-corrected chi connectivity index (χ1v) is 6.85. The van der Waals surface area contributed by atoms with Crippen molar-refractivity contribution in [1.82, 2.24) is 0 Å². The predicted molar refractivity (Wildman–Crippen MR) is 69.4 cm³/mol. The number of rotatable bonds is 10. The minimum absolute atomic E-state index is 0.317. The number of hydrogen-bond donors (Lipinski definition) is 2. The maximum absolute atomic E-state index is 8.97. The molecule has 98 valence electrons. The molecule has 3 atom stereocenters. The van der Waals surface area contributed by atoms with Gasteiger partial charge in [0.05, 0.1) is 0 Å². The molecule has 16 heavy (non-hydrogen) atoms. The van der Waals surface area contributed by atoms with Crippen molar-refractivity contribution in [2.45, 2.75) is 59.3 Å². The molecule has 0 rings (SSSR count). The summed E-state index contributed by atoms with van der Waals surface area (Å²) in [5, 5.41) is 17.9. The van der Waals surface area contributed by atoms with Gasteiger partial charge in [0.25, 0.3) is 0 Å². The molecule has 2 heteroatoms. The Kier molecular flexibility index (Phi) is 10.0. The van der Waals surface area contributed by atoms with Crippen LogP contribution in [0.1, 0.15) is 59.3 Å². The van der Waals surface area contributed by atoms with E-state index in [2.05, 4.69) is 20.8 Å². The zero-order valence-electron chi connectivity index (χ0n) is 11.3. The normalized spacial score (nSPS) is 17.1. The van der Waals surface area contributed by atoms with E-state index in [0.29, 0.717) is 25.0 Å². The molecule has 0 amide bonds. The lowest BCUT2D eigenvalue weighted by atomic mass is 9.90. The van der Waals surface area contributed by atoms with Crippen molar-refractivity contribution in [3.8, 4) is 0 Å². The summed E-state index contributed by atoms with van der Waals surface area (Å²) in [6.07, 6.45) is 7.28. The van der Waals surface area contributed by atoms with Crippen molar-refractivity contribution < 1.29 is 10.2 Å². The molecule has 0 aliphatic carbocycles. The van der Waals surface area contributed by atoms with Gasteiger partial charge in [0.1, 0.15) is 0 Å². The summed E-state index contributed by atoms with van der Waals surface area (Å²) in [7, 11) is 0. The van der Waals surface area contributed by atoms with Crippen LogP contribution in [0.2, 0.25) is 0 Å². The van der Waals surface area contributed by atoms with Crippen LogP contribution in [0.15, 0.2) is 0 Å². The smallest absolute Gasteiger partial charge is 0.0456 e. The maximum Gasteiger partial charge on any atom is 0.0456 e. The highest BCUT2D eigenvalue weighted by atomic mass is 16.3. The highest BCUT2D eigenvalue weighted by Crippen LogP contribution is 2.22. The van der Waals surface area contributed by atoms with E-state index in [1.165, 1.54) is 25.7 Å². The molecule has 2 nitrogen and oxygen atoms in total. The lowest BCUT2D eigenvalue weighted by Gasteiger charge is -2.17. The Morgan fingerprint density at radius 3 is 1.88 bits per heavy atom. The van der Waals surface area contributed by atoms with E-state index in [9.17, 15) is 0 Å². The second-order valence-electron chi connectivity index (χ2n) is 5.36. The standard InChI is InChI=1S/C14H30O2/c1-4-14(9-8-13(3)11-16)7-5-6-12(2)10-15/h12-16H,4-11H2,1-3H3. The molecule has 0 aromatic rings. The highest BCUT2D eigenvalue weighted by molar-refractivity contribution is 4.62. The Labute approximate surface area is 101 Å². The van der Waals surface area contributed by atoms with Crippen LogP contribution in [0.4, 0.5) is 0 Å². The maximum atomic E-state index is 8.97. The highest BCUT2D eigenvalue weighted by Gasteiger charge is 2.09. The van der Waals surface area contributed by atoms with Gasteiger partial charge in [0.2, 0.25) is 0 Å². The summed E-state index contributed by atoms with van der Waals surface area (Å²) in [6.45, 7) is 7.11. The molecule has 0 bridgehead atoms. The zero-order valence-corrected chi connectivity index (χ0v) is 11.3. The largest absolute Gasteiger partial charge is 0.396 e. The van der Waals surface area contributed by atoms with E-state index in [0.717, 1.165) is 18.8 Å². The van der Waals surface area contributed by atoms with Gasteiger partial charge in [-0.3, -0.25) is 0 Å². The third kappa shape index (κ3) is 8.12. The van der Waals surface area contributed by atoms with E-state index in [1.54, 1.807) is 0 Å². The first-order chi connectivity index (χ1) is 7.63. The summed E-state index contributed by atoms with van der Waals surface area (Å²) < 4.78 is 0. The summed E-state index contributed by atoms with van der Waals surface area (Å²) in [4.78, 5) is 0. The van der Waals surface area contributed by atoms with Crippen molar-refractivity contribution in [2.24, 2.45) is 17.8 Å². The van der Waals surface area contributed by atoms with Crippen LogP contribution < -0.4 is 0 Å². The van der Waals surface area contributed by atoms with Gasteiger partial charge in [0.15, 0.2) is 0 Å². The van der Waals surface area contributed by atoms with Gasteiger partial charge >= 0.3 is 0 Å². The fourth-order valence-corrected chi connectivity index (χ4v) is 2.01. The lowest BCUT2D eigenvalue weighted by molar-refractivity contribution is 0.213. The molecule has 0 radical (unpaired) electrons. The van der Waals surface area contributed by atoms with E-state index in [-0.39, 0.29) is 0 Å². The number of aliphatic hydroxyl groups is 2. The Hall–Kier alpha value is -0.0800. The molecular formula is C14H30O2. The first kappa shape index (κ1) is 15.9. The Bertz CT molecular complexity index is 148. The van der Waals surface area contributed by atoms with Crippen LogP contribution in [0.3, 0.4) is 0 Å². The fourth-order valence-electron chi connectivity index (χ4n) is 2.01. The summed E-state index contributed by atoms with van der Waals surface area (Å²) in [5.74, 6) is 1.71. The van der Waals surface area contributed by atoms with Crippen molar-refractivity contribution in [1.29, 1.82) is 0 Å². The summed E-state index contributed by atoms with van der Waals surface area (Å²) in [6, 6.07) is 0. The van der Waals surface area contributed by atoms with Crippen LogP contribution in [0, 0.1) is 17.8 Å². The van der Waals surface area contributed by atoms with Crippen molar-refractivity contribution in [3.63, 3.8) is 0 Å². The molecule has 0 aliphatic heterocycles. The number of hydrogen-bond acceptors (Lipinski definition) is 2. The molecule has 0 heterocycles. The van der Waals surface area contributed by atoms with Gasteiger partial charge in [0, 0.05) is 13.2 Å². The van der Waals surface area contributed by atoms with Crippen molar-refractivity contribution in [3.05, 3.63) is 0 Å². The predicted octanol–water partition coefficient (Wildman–Crippen LogP) is 3.22. The number of aliphatic hydroxyl groups excluding tert-OH is 2. The molecule has 0 aromatic heterocycles. The zero-order chi connectivity index (χ0) is 12.4. The van der Waals surface area contributed by atoms with Gasteiger partial charge in [-0.2, -0.15) is 0 Å². The Morgan fingerprint density at radius 2 is 1.38 bits per heavy atom. The van der Waals surface area contributed by atoms with Gasteiger partial charge in [-0.25, -0.2) is 0 Å². The first-order valence-electron chi connectivity index (χ1n) is 6.85. The molecular weight excluding hydrogens is 200 g/mol. The third-order valence-corrected chi connectivity index (χ3v) is 3.58. The van der Waals surface area contributed by atoms with Crippen molar-refractivity contribution >= 4 is 0 Å². The van der Waals surface area contributed by atoms with Gasteiger partial charge in [-0.05, 0) is 30.6 Å². The third-order valence-electron chi connectivity index (χ3n) is 3.58. The van der Waals surface area contributed by atoms with E-state index < -0.39 is 0 Å². The minimum Gasteiger partial charge on any atom is -0.396 e. The van der Waals surface area contributed by atoms with Crippen LogP contribution in [0.5, 0.6) is 0 Å². The Morgan fingerprint density at radius 1 is 0.812 bits per heavy atom. The van der Waals surface area contributed by atoms with E-state index in [4.69, 9.17) is 10.2 Å². The van der Waals surface area contributed by atoms with Crippen LogP contribution in [-0.2, 0) is 0 Å². The molecule has 3 unspecified atom stereocenters. The average Bonchev–Trinajstić information content (AvgIpc) is 2.32. The van der Waals surface area contributed by atoms with Gasteiger partial charge < -0.3 is 10.2 Å². The average molecular weight is 230 g/mol. The van der Waals surface area contributed by atoms with Crippen LogP contribution >= 0.6 is 0 Å². The van der Waals surface area contributed by atoms with E-state index >= 15 is 0 Å². The quantitative estimate of drug-likeness (QED) is 0.605. The Balaban J connectivity index is 3.58. The van der Waals surface area contributed by atoms with Gasteiger partial charge in [-0.1, -0.05) is 46.5 Å². The fraction of sp³-hybridized carbons (Fsp3) is 1.00.